The van der Waals surface area contributed by atoms with E-state index in [4.69, 9.17) is 14.2 Å². The monoisotopic (exact) mass is 370 g/mol. The number of aliphatic hydroxyl groups is 1. The van der Waals surface area contributed by atoms with Crippen molar-refractivity contribution in [3.8, 4) is 17.6 Å². The summed E-state index contributed by atoms with van der Waals surface area (Å²) in [6.07, 6.45) is 5.44. The van der Waals surface area contributed by atoms with Gasteiger partial charge in [-0.2, -0.15) is 0 Å². The van der Waals surface area contributed by atoms with Crippen LogP contribution in [-0.2, 0) is 14.3 Å². The Morgan fingerprint density at radius 1 is 1.22 bits per heavy atom. The van der Waals surface area contributed by atoms with Gasteiger partial charge in [0.2, 0.25) is 5.79 Å². The van der Waals surface area contributed by atoms with Crippen LogP contribution in [0.1, 0.15) is 51.5 Å². The van der Waals surface area contributed by atoms with Crippen LogP contribution < -0.4 is 4.74 Å². The topological polar surface area (TPSA) is 65.0 Å². The van der Waals surface area contributed by atoms with Crippen molar-refractivity contribution < 1.29 is 24.1 Å². The minimum atomic E-state index is -1.25. The highest BCUT2D eigenvalue weighted by Gasteiger charge is 2.41. The predicted molar refractivity (Wildman–Crippen MR) is 101 cm³/mol. The first-order valence-electron chi connectivity index (χ1n) is 9.32. The number of cyclic esters (lactones) is 1. The van der Waals surface area contributed by atoms with Gasteiger partial charge in [0.05, 0.1) is 13.2 Å². The van der Waals surface area contributed by atoms with E-state index in [-0.39, 0.29) is 12.3 Å². The van der Waals surface area contributed by atoms with Gasteiger partial charge in [0.25, 0.3) is 0 Å². The summed E-state index contributed by atoms with van der Waals surface area (Å²) in [4.78, 5) is 11.8. The molecule has 1 aromatic rings. The Labute approximate surface area is 160 Å². The molecule has 0 spiro atoms. The van der Waals surface area contributed by atoms with Crippen molar-refractivity contribution in [2.75, 3.05) is 7.11 Å². The average molecular weight is 370 g/mol. The first-order valence-corrected chi connectivity index (χ1v) is 9.32. The fourth-order valence-electron chi connectivity index (χ4n) is 3.67. The van der Waals surface area contributed by atoms with Crippen LogP contribution >= 0.6 is 0 Å². The van der Waals surface area contributed by atoms with Gasteiger partial charge in [-0.25, -0.2) is 4.79 Å². The highest BCUT2D eigenvalue weighted by Crippen LogP contribution is 2.39. The Kier molecular flexibility index (Phi) is 5.48. The maximum Gasteiger partial charge on any atom is 0.337 e. The number of rotatable bonds is 4. The smallest absolute Gasteiger partial charge is 0.337 e. The van der Waals surface area contributed by atoms with E-state index in [1.807, 2.05) is 24.3 Å². The second-order valence-electron chi connectivity index (χ2n) is 7.59. The number of benzene rings is 1. The zero-order chi connectivity index (χ0) is 19.5. The molecule has 1 saturated carbocycles. The van der Waals surface area contributed by atoms with Crippen LogP contribution in [0.5, 0.6) is 5.75 Å². The number of ether oxygens (including phenoxy) is 3. The molecule has 0 amide bonds. The van der Waals surface area contributed by atoms with Gasteiger partial charge >= 0.3 is 5.97 Å². The van der Waals surface area contributed by atoms with E-state index in [1.54, 1.807) is 21.0 Å². The van der Waals surface area contributed by atoms with E-state index in [0.29, 0.717) is 5.76 Å². The fourth-order valence-corrected chi connectivity index (χ4v) is 3.67. The number of methoxy groups -OCH3 is 1. The second-order valence-corrected chi connectivity index (χ2v) is 7.59. The summed E-state index contributed by atoms with van der Waals surface area (Å²) in [5.41, 5.74) is -0.457. The van der Waals surface area contributed by atoms with E-state index in [9.17, 15) is 9.90 Å². The normalized spacial score (nSPS) is 21.2. The molecule has 1 heterocycles. The van der Waals surface area contributed by atoms with Crippen LogP contribution in [0.3, 0.4) is 0 Å². The molecule has 5 nitrogen and oxygen atoms in total. The molecule has 144 valence electrons. The van der Waals surface area contributed by atoms with Crippen LogP contribution in [0.4, 0.5) is 0 Å². The standard InChI is InChI=1S/C22H26O5/c1-21(2)26-19(14-20(23)27-21)15-22(24,17-6-4-5-7-17)13-12-16-8-10-18(25-3)11-9-16/h8-11,14,17,24H,4-7,15H2,1-3H3. The minimum absolute atomic E-state index is 0.0498. The van der Waals surface area contributed by atoms with E-state index in [1.165, 1.54) is 6.08 Å². The largest absolute Gasteiger partial charge is 0.497 e. The second kappa shape index (κ2) is 7.66. The lowest BCUT2D eigenvalue weighted by molar-refractivity contribution is -0.207. The first-order chi connectivity index (χ1) is 12.8. The maximum atomic E-state index is 11.8. The number of esters is 1. The molecule has 1 N–H and O–H groups in total. The van der Waals surface area contributed by atoms with Crippen molar-refractivity contribution in [1.82, 2.24) is 0 Å². The summed E-state index contributed by atoms with van der Waals surface area (Å²) in [6.45, 7) is 3.35. The Hall–Kier alpha value is -2.45. The summed E-state index contributed by atoms with van der Waals surface area (Å²) in [7, 11) is 1.61. The van der Waals surface area contributed by atoms with Crippen LogP contribution in [0.25, 0.3) is 0 Å². The molecule has 3 rings (SSSR count). The quantitative estimate of drug-likeness (QED) is 0.649. The van der Waals surface area contributed by atoms with Gasteiger partial charge in [-0.05, 0) is 43.0 Å². The lowest BCUT2D eigenvalue weighted by Gasteiger charge is -2.35. The van der Waals surface area contributed by atoms with Crippen molar-refractivity contribution >= 4 is 5.97 Å². The molecule has 1 fully saturated rings. The van der Waals surface area contributed by atoms with Gasteiger partial charge in [-0.3, -0.25) is 0 Å². The molecule has 0 radical (unpaired) electrons. The lowest BCUT2D eigenvalue weighted by atomic mass is 9.82. The third-order valence-corrected chi connectivity index (χ3v) is 4.99. The van der Waals surface area contributed by atoms with Gasteiger partial charge in [-0.1, -0.05) is 24.7 Å². The van der Waals surface area contributed by atoms with Gasteiger partial charge < -0.3 is 19.3 Å². The van der Waals surface area contributed by atoms with E-state index >= 15 is 0 Å². The molecule has 1 aliphatic carbocycles. The summed E-state index contributed by atoms with van der Waals surface area (Å²) >= 11 is 0. The maximum absolute atomic E-state index is 11.8. The van der Waals surface area contributed by atoms with Crippen LogP contribution in [0.15, 0.2) is 36.1 Å². The zero-order valence-electron chi connectivity index (χ0n) is 16.1. The zero-order valence-corrected chi connectivity index (χ0v) is 16.1. The third-order valence-electron chi connectivity index (χ3n) is 4.99. The fraction of sp³-hybridized carbons (Fsp3) is 0.500. The Bertz CT molecular complexity index is 775. The predicted octanol–water partition coefficient (Wildman–Crippen LogP) is 3.55. The van der Waals surface area contributed by atoms with E-state index < -0.39 is 17.4 Å². The molecule has 0 aromatic heterocycles. The summed E-state index contributed by atoms with van der Waals surface area (Å²) in [5.74, 6) is 5.87. The number of carbonyl (C=O) groups is 1. The number of hydrogen-bond donors (Lipinski definition) is 1. The molecule has 1 aliphatic heterocycles. The molecule has 1 aromatic carbocycles. The summed E-state index contributed by atoms with van der Waals surface area (Å²) in [5, 5.41) is 11.4. The molecular weight excluding hydrogens is 344 g/mol. The van der Waals surface area contributed by atoms with Crippen molar-refractivity contribution in [3.05, 3.63) is 41.7 Å². The Morgan fingerprint density at radius 2 is 1.89 bits per heavy atom. The van der Waals surface area contributed by atoms with Crippen LogP contribution in [-0.4, -0.2) is 29.6 Å². The molecule has 0 bridgehead atoms. The number of carbonyl (C=O) groups excluding carboxylic acids is 1. The van der Waals surface area contributed by atoms with Crippen molar-refractivity contribution in [1.29, 1.82) is 0 Å². The molecule has 2 aliphatic rings. The highest BCUT2D eigenvalue weighted by molar-refractivity contribution is 5.83. The SMILES string of the molecule is COc1ccc(C#CC(O)(CC2=CC(=O)OC(C)(C)O2)C2CCCC2)cc1. The van der Waals surface area contributed by atoms with Crippen molar-refractivity contribution in [3.63, 3.8) is 0 Å². The Morgan fingerprint density at radius 3 is 2.48 bits per heavy atom. The summed E-state index contributed by atoms with van der Waals surface area (Å²) in [6, 6.07) is 7.39. The van der Waals surface area contributed by atoms with Gasteiger partial charge in [0.1, 0.15) is 17.1 Å². The van der Waals surface area contributed by atoms with Crippen molar-refractivity contribution in [2.24, 2.45) is 5.92 Å². The van der Waals surface area contributed by atoms with Crippen molar-refractivity contribution in [2.45, 2.75) is 57.3 Å². The molecule has 1 atom stereocenters. The molecular formula is C22H26O5. The van der Waals surface area contributed by atoms with Gasteiger partial charge in [0, 0.05) is 25.8 Å². The Balaban J connectivity index is 1.86. The van der Waals surface area contributed by atoms with E-state index in [0.717, 1.165) is 37.0 Å². The molecule has 27 heavy (non-hydrogen) atoms. The van der Waals surface area contributed by atoms with E-state index in [2.05, 4.69) is 11.8 Å². The highest BCUT2D eigenvalue weighted by atomic mass is 16.7. The van der Waals surface area contributed by atoms with Crippen LogP contribution in [0, 0.1) is 17.8 Å². The lowest BCUT2D eigenvalue weighted by Crippen LogP contribution is -2.40. The molecule has 1 unspecified atom stereocenters. The third kappa shape index (κ3) is 4.84. The first kappa shape index (κ1) is 19.3. The number of hydrogen-bond acceptors (Lipinski definition) is 5. The van der Waals surface area contributed by atoms with Crippen LogP contribution in [0.2, 0.25) is 0 Å². The minimum Gasteiger partial charge on any atom is -0.497 e. The average Bonchev–Trinajstić information content (AvgIpc) is 3.14. The molecule has 5 heteroatoms. The summed E-state index contributed by atoms with van der Waals surface area (Å²) < 4.78 is 16.0. The molecule has 0 saturated heterocycles. The van der Waals surface area contributed by atoms with Gasteiger partial charge in [0.15, 0.2) is 0 Å². The van der Waals surface area contributed by atoms with Gasteiger partial charge in [-0.15, -0.1) is 0 Å².